The molecule has 1 fully saturated rings. The maximum absolute atomic E-state index is 10.6. The monoisotopic (exact) mass is 297 g/mol. The summed E-state index contributed by atoms with van der Waals surface area (Å²) in [4.78, 5) is 17.4. The molecule has 20 heavy (non-hydrogen) atoms. The molecule has 1 unspecified atom stereocenters. The number of thioether (sulfide) groups is 1. The van der Waals surface area contributed by atoms with Crippen LogP contribution in [0.25, 0.3) is 0 Å². The zero-order valence-electron chi connectivity index (χ0n) is 12.0. The summed E-state index contributed by atoms with van der Waals surface area (Å²) in [5.41, 5.74) is 0. The lowest BCUT2D eigenvalue weighted by Crippen LogP contribution is -2.38. The first kappa shape index (κ1) is 15.4. The van der Waals surface area contributed by atoms with Crippen molar-refractivity contribution >= 4 is 17.7 Å². The predicted octanol–water partition coefficient (Wildman–Crippen LogP) is 2.32. The second-order valence-electron chi connectivity index (χ2n) is 5.32. The Bertz CT molecular complexity index is 436. The number of aliphatic carboxylic acids is 1. The molecule has 2 rings (SSSR count). The zero-order valence-corrected chi connectivity index (χ0v) is 12.8. The number of aryl methyl sites for hydroxylation is 1. The molecule has 1 aliphatic rings. The molecule has 0 spiro atoms. The number of aromatic nitrogens is 2. The standard InChI is InChI=1S/C14H23N3O2S/c1-12-5-2-3-7-16(12)8-4-9-17-10-6-15-14(17)20-11-13(18)19/h6,10,12H,2-5,7-9,11H2,1H3,(H,18,19). The van der Waals surface area contributed by atoms with Crippen LogP contribution < -0.4 is 0 Å². The summed E-state index contributed by atoms with van der Waals surface area (Å²) in [6.45, 7) is 5.55. The Kier molecular flexibility index (Phi) is 5.91. The molecule has 1 aromatic rings. The zero-order chi connectivity index (χ0) is 14.4. The van der Waals surface area contributed by atoms with E-state index in [1.807, 2.05) is 6.20 Å². The van der Waals surface area contributed by atoms with Gasteiger partial charge in [0.1, 0.15) is 0 Å². The minimum atomic E-state index is -0.799. The van der Waals surface area contributed by atoms with Crippen LogP contribution >= 0.6 is 11.8 Å². The summed E-state index contributed by atoms with van der Waals surface area (Å²) in [6.07, 6.45) is 8.74. The van der Waals surface area contributed by atoms with Gasteiger partial charge in [-0.15, -0.1) is 0 Å². The molecule has 5 nitrogen and oxygen atoms in total. The fourth-order valence-corrected chi connectivity index (χ4v) is 3.37. The fourth-order valence-electron chi connectivity index (χ4n) is 2.67. The third kappa shape index (κ3) is 4.52. The first-order valence-electron chi connectivity index (χ1n) is 7.26. The van der Waals surface area contributed by atoms with E-state index in [0.29, 0.717) is 6.04 Å². The number of nitrogens with zero attached hydrogens (tertiary/aromatic N) is 3. The molecule has 2 heterocycles. The highest BCUT2D eigenvalue weighted by molar-refractivity contribution is 7.99. The van der Waals surface area contributed by atoms with E-state index in [9.17, 15) is 4.79 Å². The van der Waals surface area contributed by atoms with Crippen molar-refractivity contribution in [1.29, 1.82) is 0 Å². The molecule has 1 atom stereocenters. The highest BCUT2D eigenvalue weighted by Crippen LogP contribution is 2.18. The van der Waals surface area contributed by atoms with Crippen LogP contribution in [0, 0.1) is 0 Å². The number of imidazole rings is 1. The fraction of sp³-hybridized carbons (Fsp3) is 0.714. The van der Waals surface area contributed by atoms with Gasteiger partial charge in [-0.25, -0.2) is 4.98 Å². The number of likely N-dealkylation sites (tertiary alicyclic amines) is 1. The van der Waals surface area contributed by atoms with Crippen molar-refractivity contribution in [1.82, 2.24) is 14.5 Å². The molecule has 1 aromatic heterocycles. The van der Waals surface area contributed by atoms with E-state index in [-0.39, 0.29) is 5.75 Å². The molecule has 0 amide bonds. The Morgan fingerprint density at radius 2 is 2.35 bits per heavy atom. The largest absolute Gasteiger partial charge is 0.481 e. The number of rotatable bonds is 7. The van der Waals surface area contributed by atoms with Gasteiger partial charge >= 0.3 is 5.97 Å². The molecule has 6 heteroatoms. The first-order chi connectivity index (χ1) is 9.66. The van der Waals surface area contributed by atoms with E-state index in [1.54, 1.807) is 6.20 Å². The molecule has 0 saturated carbocycles. The Labute approximate surface area is 124 Å². The van der Waals surface area contributed by atoms with Crippen molar-refractivity contribution < 1.29 is 9.90 Å². The van der Waals surface area contributed by atoms with Crippen molar-refractivity contribution in [2.45, 2.75) is 50.4 Å². The van der Waals surface area contributed by atoms with Gasteiger partial charge in [0.2, 0.25) is 0 Å². The van der Waals surface area contributed by atoms with Gasteiger partial charge in [-0.1, -0.05) is 18.2 Å². The van der Waals surface area contributed by atoms with Crippen LogP contribution in [-0.4, -0.2) is 50.4 Å². The van der Waals surface area contributed by atoms with Gasteiger partial charge in [0.05, 0.1) is 5.75 Å². The highest BCUT2D eigenvalue weighted by Gasteiger charge is 2.17. The SMILES string of the molecule is CC1CCCCN1CCCn1ccnc1SCC(=O)O. The summed E-state index contributed by atoms with van der Waals surface area (Å²) in [5, 5.41) is 9.52. The smallest absolute Gasteiger partial charge is 0.313 e. The number of hydrogen-bond acceptors (Lipinski definition) is 4. The van der Waals surface area contributed by atoms with Crippen LogP contribution in [-0.2, 0) is 11.3 Å². The lowest BCUT2D eigenvalue weighted by atomic mass is 10.0. The minimum Gasteiger partial charge on any atom is -0.481 e. The lowest BCUT2D eigenvalue weighted by Gasteiger charge is -2.33. The number of piperidine rings is 1. The van der Waals surface area contributed by atoms with Crippen molar-refractivity contribution in [3.05, 3.63) is 12.4 Å². The second-order valence-corrected chi connectivity index (χ2v) is 6.26. The van der Waals surface area contributed by atoms with Crippen LogP contribution in [0.4, 0.5) is 0 Å². The summed E-state index contributed by atoms with van der Waals surface area (Å²) in [5.74, 6) is -0.730. The lowest BCUT2D eigenvalue weighted by molar-refractivity contribution is -0.133. The quantitative estimate of drug-likeness (QED) is 0.783. The van der Waals surface area contributed by atoms with Crippen LogP contribution in [0.3, 0.4) is 0 Å². The Morgan fingerprint density at radius 3 is 3.10 bits per heavy atom. The highest BCUT2D eigenvalue weighted by atomic mass is 32.2. The van der Waals surface area contributed by atoms with Gasteiger partial charge in [0, 0.05) is 31.5 Å². The van der Waals surface area contributed by atoms with E-state index in [1.165, 1.54) is 37.6 Å². The van der Waals surface area contributed by atoms with E-state index >= 15 is 0 Å². The molecular weight excluding hydrogens is 274 g/mol. The van der Waals surface area contributed by atoms with E-state index in [0.717, 1.165) is 24.7 Å². The number of carboxylic acids is 1. The average molecular weight is 297 g/mol. The van der Waals surface area contributed by atoms with E-state index in [2.05, 4.69) is 21.4 Å². The van der Waals surface area contributed by atoms with Crippen LogP contribution in [0.5, 0.6) is 0 Å². The normalized spacial score (nSPS) is 20.1. The maximum atomic E-state index is 10.6. The van der Waals surface area contributed by atoms with E-state index < -0.39 is 5.97 Å². The summed E-state index contributed by atoms with van der Waals surface area (Å²) in [7, 11) is 0. The molecule has 1 N–H and O–H groups in total. The molecular formula is C14H23N3O2S. The first-order valence-corrected chi connectivity index (χ1v) is 8.25. The Morgan fingerprint density at radius 1 is 1.50 bits per heavy atom. The van der Waals surface area contributed by atoms with Crippen LogP contribution in [0.1, 0.15) is 32.6 Å². The third-order valence-corrected chi connectivity index (χ3v) is 4.78. The maximum Gasteiger partial charge on any atom is 0.313 e. The van der Waals surface area contributed by atoms with Crippen molar-refractivity contribution in [2.75, 3.05) is 18.8 Å². The van der Waals surface area contributed by atoms with Gasteiger partial charge in [0.15, 0.2) is 5.16 Å². The van der Waals surface area contributed by atoms with Crippen molar-refractivity contribution in [3.63, 3.8) is 0 Å². The number of hydrogen-bond donors (Lipinski definition) is 1. The molecule has 1 aliphatic heterocycles. The van der Waals surface area contributed by atoms with Crippen LogP contribution in [0.2, 0.25) is 0 Å². The third-order valence-electron chi connectivity index (χ3n) is 3.79. The van der Waals surface area contributed by atoms with Gasteiger partial charge in [-0.3, -0.25) is 4.79 Å². The predicted molar refractivity (Wildman–Crippen MR) is 80.1 cm³/mol. The van der Waals surface area contributed by atoms with E-state index in [4.69, 9.17) is 5.11 Å². The number of carboxylic acid groups (broad SMARTS) is 1. The van der Waals surface area contributed by atoms with Gasteiger partial charge in [-0.05, 0) is 32.7 Å². The molecule has 1 saturated heterocycles. The number of carbonyl (C=O) groups is 1. The average Bonchev–Trinajstić information content (AvgIpc) is 2.86. The summed E-state index contributed by atoms with van der Waals surface area (Å²) < 4.78 is 2.06. The Hall–Kier alpha value is -1.01. The summed E-state index contributed by atoms with van der Waals surface area (Å²) >= 11 is 1.29. The topological polar surface area (TPSA) is 58.4 Å². The molecule has 0 aliphatic carbocycles. The Balaban J connectivity index is 1.76. The second kappa shape index (κ2) is 7.69. The van der Waals surface area contributed by atoms with Gasteiger partial charge in [0.25, 0.3) is 0 Å². The summed E-state index contributed by atoms with van der Waals surface area (Å²) in [6, 6.07) is 0.701. The molecule has 0 radical (unpaired) electrons. The molecule has 0 aromatic carbocycles. The molecule has 112 valence electrons. The van der Waals surface area contributed by atoms with Crippen molar-refractivity contribution in [3.8, 4) is 0 Å². The molecule has 0 bridgehead atoms. The van der Waals surface area contributed by atoms with Gasteiger partial charge < -0.3 is 14.6 Å². The van der Waals surface area contributed by atoms with Crippen LogP contribution in [0.15, 0.2) is 17.6 Å². The van der Waals surface area contributed by atoms with Gasteiger partial charge in [-0.2, -0.15) is 0 Å². The minimum absolute atomic E-state index is 0.0696. The van der Waals surface area contributed by atoms with Crippen molar-refractivity contribution in [2.24, 2.45) is 0 Å².